The fourth-order valence-corrected chi connectivity index (χ4v) is 4.74. The molecule has 3 rings (SSSR count). The molecule has 1 saturated carbocycles. The number of hydrogen-bond donors (Lipinski definition) is 3. The molecule has 0 bridgehead atoms. The summed E-state index contributed by atoms with van der Waals surface area (Å²) < 4.78 is 32.6. The van der Waals surface area contributed by atoms with E-state index in [2.05, 4.69) is 10.0 Å². The maximum absolute atomic E-state index is 12.6. The molecule has 2 aromatic carbocycles. The lowest BCUT2D eigenvalue weighted by Gasteiger charge is -2.16. The van der Waals surface area contributed by atoms with Gasteiger partial charge in [0.15, 0.2) is 4.90 Å². The van der Waals surface area contributed by atoms with Gasteiger partial charge in [-0.2, -0.15) is 0 Å². The lowest BCUT2D eigenvalue weighted by atomic mass is 10.2. The van der Waals surface area contributed by atoms with Crippen LogP contribution in [-0.4, -0.2) is 42.7 Å². The molecule has 0 saturated heterocycles. The van der Waals surface area contributed by atoms with Crippen LogP contribution in [0.15, 0.2) is 59.5 Å². The molecule has 0 spiro atoms. The van der Waals surface area contributed by atoms with Crippen molar-refractivity contribution in [2.75, 3.05) is 0 Å². The summed E-state index contributed by atoms with van der Waals surface area (Å²) in [6.45, 7) is 0.0790. The van der Waals surface area contributed by atoms with Gasteiger partial charge >= 0.3 is 6.09 Å². The number of hydrogen-bond acceptors (Lipinski definition) is 7. The van der Waals surface area contributed by atoms with Gasteiger partial charge in [0.25, 0.3) is 5.69 Å². The summed E-state index contributed by atoms with van der Waals surface area (Å²) in [7, 11) is -4.25. The van der Waals surface area contributed by atoms with Gasteiger partial charge in [0.05, 0.1) is 17.1 Å². The summed E-state index contributed by atoms with van der Waals surface area (Å²) in [5.41, 5.74) is 0.255. The highest BCUT2D eigenvalue weighted by atomic mass is 32.2. The summed E-state index contributed by atoms with van der Waals surface area (Å²) in [4.78, 5) is 21.8. The Morgan fingerprint density at radius 3 is 2.50 bits per heavy atom. The van der Waals surface area contributed by atoms with E-state index in [0.717, 1.165) is 17.7 Å². The number of nitro groups is 1. The van der Waals surface area contributed by atoms with Crippen LogP contribution in [0.3, 0.4) is 0 Å². The van der Waals surface area contributed by atoms with E-state index < -0.39 is 49.8 Å². The van der Waals surface area contributed by atoms with Crippen LogP contribution < -0.4 is 10.0 Å². The highest BCUT2D eigenvalue weighted by Crippen LogP contribution is 2.26. The molecule has 1 fully saturated rings. The van der Waals surface area contributed by atoms with Crippen molar-refractivity contribution in [3.05, 3.63) is 70.3 Å². The molecule has 0 unspecified atom stereocenters. The second kappa shape index (κ2) is 9.20. The van der Waals surface area contributed by atoms with Gasteiger partial charge in [-0.3, -0.25) is 10.1 Å². The smallest absolute Gasteiger partial charge is 0.407 e. The predicted molar refractivity (Wildman–Crippen MR) is 106 cm³/mol. The maximum Gasteiger partial charge on any atom is 0.407 e. The van der Waals surface area contributed by atoms with Gasteiger partial charge in [0, 0.05) is 12.1 Å². The molecule has 30 heavy (non-hydrogen) atoms. The first-order chi connectivity index (χ1) is 14.3. The van der Waals surface area contributed by atoms with Crippen LogP contribution in [0.25, 0.3) is 0 Å². The number of carbonyl (C=O) groups is 1. The number of rotatable bonds is 7. The molecule has 11 heteroatoms. The van der Waals surface area contributed by atoms with Gasteiger partial charge in [-0.15, -0.1) is 0 Å². The van der Waals surface area contributed by atoms with Gasteiger partial charge in [-0.25, -0.2) is 17.9 Å². The number of nitrogens with one attached hydrogen (secondary N) is 2. The SMILES string of the molecule is O=C(N[C@H]1C[C@@H](O)[C@@H](NS(=O)(=O)c2ccccc2[N+](=O)[O-])C1)OCc1ccccc1. The Kier molecular flexibility index (Phi) is 6.65. The van der Waals surface area contributed by atoms with E-state index >= 15 is 0 Å². The first-order valence-corrected chi connectivity index (χ1v) is 10.7. The number of alkyl carbamates (subject to hydrolysis) is 1. The third-order valence-corrected chi connectivity index (χ3v) is 6.26. The molecule has 3 N–H and O–H groups in total. The minimum absolute atomic E-state index is 0.0790. The number of benzene rings is 2. The molecule has 0 heterocycles. The molecule has 3 atom stereocenters. The molecule has 1 aliphatic rings. The fraction of sp³-hybridized carbons (Fsp3) is 0.316. The Morgan fingerprint density at radius 2 is 1.80 bits per heavy atom. The summed E-state index contributed by atoms with van der Waals surface area (Å²) >= 11 is 0. The third kappa shape index (κ3) is 5.32. The zero-order valence-corrected chi connectivity index (χ0v) is 16.6. The second-order valence-corrected chi connectivity index (χ2v) is 8.58. The Morgan fingerprint density at radius 1 is 1.13 bits per heavy atom. The average molecular weight is 435 g/mol. The van der Waals surface area contributed by atoms with Crippen LogP contribution in [0.1, 0.15) is 18.4 Å². The minimum Gasteiger partial charge on any atom is -0.445 e. The van der Waals surface area contributed by atoms with Crippen LogP contribution in [0.5, 0.6) is 0 Å². The first kappa shape index (κ1) is 21.7. The number of aliphatic hydroxyl groups excluding tert-OH is 1. The van der Waals surface area contributed by atoms with Gasteiger partial charge in [0.2, 0.25) is 10.0 Å². The average Bonchev–Trinajstić information content (AvgIpc) is 3.05. The Bertz CT molecular complexity index is 1010. The van der Waals surface area contributed by atoms with Crippen molar-refractivity contribution in [3.8, 4) is 0 Å². The third-order valence-electron chi connectivity index (χ3n) is 4.72. The monoisotopic (exact) mass is 435 g/mol. The van der Waals surface area contributed by atoms with Crippen molar-refractivity contribution >= 4 is 21.8 Å². The summed E-state index contributed by atoms with van der Waals surface area (Å²) in [5, 5.41) is 23.9. The molecule has 1 aliphatic carbocycles. The number of ether oxygens (including phenoxy) is 1. The normalized spacial score (nSPS) is 21.2. The Hall–Kier alpha value is -3.02. The molecule has 160 valence electrons. The molecule has 0 radical (unpaired) electrons. The van der Waals surface area contributed by atoms with E-state index in [0.29, 0.717) is 0 Å². The fourth-order valence-electron chi connectivity index (χ4n) is 3.29. The van der Waals surface area contributed by atoms with Crippen molar-refractivity contribution in [2.24, 2.45) is 0 Å². The summed E-state index contributed by atoms with van der Waals surface area (Å²) in [5.74, 6) is 0. The van der Waals surface area contributed by atoms with E-state index in [-0.39, 0.29) is 19.4 Å². The Balaban J connectivity index is 1.58. The number of amides is 1. The van der Waals surface area contributed by atoms with E-state index in [1.807, 2.05) is 18.2 Å². The van der Waals surface area contributed by atoms with E-state index in [1.54, 1.807) is 12.1 Å². The lowest BCUT2D eigenvalue weighted by molar-refractivity contribution is -0.387. The Labute approximate surface area is 173 Å². The predicted octanol–water partition coefficient (Wildman–Crippen LogP) is 1.69. The van der Waals surface area contributed by atoms with E-state index in [9.17, 15) is 28.4 Å². The summed E-state index contributed by atoms with van der Waals surface area (Å²) in [6.07, 6.45) is -1.52. The number of carbonyl (C=O) groups excluding carboxylic acids is 1. The quantitative estimate of drug-likeness (QED) is 0.443. The molecular weight excluding hydrogens is 414 g/mol. The van der Waals surface area contributed by atoms with Gasteiger partial charge in [-0.05, 0) is 24.5 Å². The number of aliphatic hydroxyl groups is 1. The van der Waals surface area contributed by atoms with Crippen molar-refractivity contribution in [1.29, 1.82) is 0 Å². The van der Waals surface area contributed by atoms with Crippen LogP contribution in [0, 0.1) is 10.1 Å². The number of nitrogens with zero attached hydrogens (tertiary/aromatic N) is 1. The van der Waals surface area contributed by atoms with Gasteiger partial charge in [0.1, 0.15) is 6.61 Å². The number of nitro benzene ring substituents is 1. The standard InChI is InChI=1S/C19H21N3O7S/c23-17-11-14(20-19(24)29-12-13-6-2-1-3-7-13)10-15(17)21-30(27,28)18-9-5-4-8-16(18)22(25)26/h1-9,14-15,17,21,23H,10-12H2,(H,20,24)/t14-,15+,17-/m1/s1. The van der Waals surface area contributed by atoms with E-state index in [1.165, 1.54) is 12.1 Å². The molecule has 1 amide bonds. The molecular formula is C19H21N3O7S. The molecule has 10 nitrogen and oxygen atoms in total. The van der Waals surface area contributed by atoms with Crippen molar-refractivity contribution < 1.29 is 28.0 Å². The topological polar surface area (TPSA) is 148 Å². The molecule has 0 aliphatic heterocycles. The second-order valence-electron chi connectivity index (χ2n) is 6.89. The van der Waals surface area contributed by atoms with Crippen LogP contribution in [0.4, 0.5) is 10.5 Å². The number of sulfonamides is 1. The minimum atomic E-state index is -4.25. The molecule has 0 aromatic heterocycles. The number of para-hydroxylation sites is 1. The van der Waals surface area contributed by atoms with E-state index in [4.69, 9.17) is 4.74 Å². The highest BCUT2D eigenvalue weighted by molar-refractivity contribution is 7.89. The van der Waals surface area contributed by atoms with Crippen LogP contribution in [0.2, 0.25) is 0 Å². The highest BCUT2D eigenvalue weighted by Gasteiger charge is 2.38. The zero-order valence-electron chi connectivity index (χ0n) is 15.8. The van der Waals surface area contributed by atoms with Crippen molar-refractivity contribution in [2.45, 2.75) is 42.5 Å². The maximum atomic E-state index is 12.6. The molecule has 2 aromatic rings. The largest absolute Gasteiger partial charge is 0.445 e. The van der Waals surface area contributed by atoms with Crippen LogP contribution >= 0.6 is 0 Å². The first-order valence-electron chi connectivity index (χ1n) is 9.17. The lowest BCUT2D eigenvalue weighted by Crippen LogP contribution is -2.40. The zero-order chi connectivity index (χ0) is 21.7. The summed E-state index contributed by atoms with van der Waals surface area (Å²) in [6, 6.07) is 12.6. The van der Waals surface area contributed by atoms with Gasteiger partial charge < -0.3 is 15.2 Å². The van der Waals surface area contributed by atoms with Crippen molar-refractivity contribution in [3.63, 3.8) is 0 Å². The van der Waals surface area contributed by atoms with Crippen molar-refractivity contribution in [1.82, 2.24) is 10.0 Å². The van der Waals surface area contributed by atoms with Gasteiger partial charge in [-0.1, -0.05) is 42.5 Å². The van der Waals surface area contributed by atoms with Crippen LogP contribution in [-0.2, 0) is 21.4 Å².